The number of nitro groups is 1. The first kappa shape index (κ1) is 22.3. The number of hydrogen-bond acceptors (Lipinski definition) is 7. The fourth-order valence-electron chi connectivity index (χ4n) is 3.59. The Bertz CT molecular complexity index is 1140. The highest BCUT2D eigenvalue weighted by atomic mass is 16.6. The van der Waals surface area contributed by atoms with E-state index < -0.39 is 4.92 Å². The maximum atomic E-state index is 12.3. The fourth-order valence-corrected chi connectivity index (χ4v) is 3.59. The number of amides is 1. The van der Waals surface area contributed by atoms with Crippen LogP contribution in [0.1, 0.15) is 31.0 Å². The second kappa shape index (κ2) is 10.2. The third-order valence-corrected chi connectivity index (χ3v) is 5.37. The highest BCUT2D eigenvalue weighted by Gasteiger charge is 2.23. The van der Waals surface area contributed by atoms with Gasteiger partial charge in [0.15, 0.2) is 5.82 Å². The van der Waals surface area contributed by atoms with Gasteiger partial charge in [-0.3, -0.25) is 14.9 Å². The van der Waals surface area contributed by atoms with E-state index in [-0.39, 0.29) is 17.7 Å². The van der Waals surface area contributed by atoms with Crippen LogP contribution in [0.3, 0.4) is 0 Å². The molecule has 2 heterocycles. The number of ether oxygens (including phenoxy) is 1. The molecule has 170 valence electrons. The van der Waals surface area contributed by atoms with Crippen molar-refractivity contribution in [2.45, 2.75) is 38.8 Å². The number of rotatable bonds is 8. The lowest BCUT2D eigenvalue weighted by Crippen LogP contribution is -2.26. The molecule has 1 fully saturated rings. The molecule has 1 amide bonds. The molecule has 0 aliphatic carbocycles. The Balaban J connectivity index is 1.46. The van der Waals surface area contributed by atoms with Gasteiger partial charge in [0.25, 0.3) is 11.6 Å². The second-order valence-electron chi connectivity index (χ2n) is 7.77. The van der Waals surface area contributed by atoms with Crippen LogP contribution < -0.4 is 10.6 Å². The molecular weight excluding hydrogens is 422 g/mol. The maximum absolute atomic E-state index is 12.3. The molecule has 1 atom stereocenters. The summed E-state index contributed by atoms with van der Waals surface area (Å²) in [6.07, 6.45) is 2.00. The smallest absolute Gasteiger partial charge is 0.269 e. The van der Waals surface area contributed by atoms with Crippen LogP contribution in [-0.4, -0.2) is 33.5 Å². The van der Waals surface area contributed by atoms with Crippen molar-refractivity contribution in [3.63, 3.8) is 0 Å². The lowest BCUT2D eigenvalue weighted by molar-refractivity contribution is -0.384. The van der Waals surface area contributed by atoms with Crippen molar-refractivity contribution in [3.05, 3.63) is 76.0 Å². The molecule has 3 aromatic rings. The molecule has 1 unspecified atom stereocenters. The summed E-state index contributed by atoms with van der Waals surface area (Å²) in [6, 6.07) is 15.7. The minimum Gasteiger partial charge on any atom is -0.368 e. The molecule has 9 nitrogen and oxygen atoms in total. The average molecular weight is 447 g/mol. The second-order valence-corrected chi connectivity index (χ2v) is 7.77. The number of non-ortho nitro benzene ring substituents is 1. The number of aryl methyl sites for hydroxylation is 1. The highest BCUT2D eigenvalue weighted by Crippen LogP contribution is 2.22. The first-order chi connectivity index (χ1) is 16.0. The zero-order valence-electron chi connectivity index (χ0n) is 18.3. The van der Waals surface area contributed by atoms with Crippen LogP contribution in [-0.2, 0) is 22.5 Å². The van der Waals surface area contributed by atoms with Gasteiger partial charge in [-0.15, -0.1) is 0 Å². The van der Waals surface area contributed by atoms with E-state index in [1.807, 2.05) is 37.3 Å². The fraction of sp³-hybridized carbons (Fsp3) is 0.292. The summed E-state index contributed by atoms with van der Waals surface area (Å²) in [7, 11) is 0. The van der Waals surface area contributed by atoms with Crippen molar-refractivity contribution < 1.29 is 14.5 Å². The molecule has 2 N–H and O–H groups in total. The number of aromatic nitrogens is 2. The van der Waals surface area contributed by atoms with E-state index in [0.717, 1.165) is 36.2 Å². The van der Waals surface area contributed by atoms with Gasteiger partial charge in [0, 0.05) is 48.3 Å². The number of anilines is 2. The lowest BCUT2D eigenvalue weighted by Gasteiger charge is -2.12. The Morgan fingerprint density at radius 3 is 2.70 bits per heavy atom. The van der Waals surface area contributed by atoms with Crippen molar-refractivity contribution in [2.24, 2.45) is 0 Å². The zero-order valence-corrected chi connectivity index (χ0v) is 18.3. The third kappa shape index (κ3) is 5.69. The van der Waals surface area contributed by atoms with Gasteiger partial charge in [0.2, 0.25) is 0 Å². The van der Waals surface area contributed by atoms with E-state index in [9.17, 15) is 14.9 Å². The molecule has 0 bridgehead atoms. The molecule has 0 saturated carbocycles. The van der Waals surface area contributed by atoms with Crippen molar-refractivity contribution in [1.29, 1.82) is 0 Å². The van der Waals surface area contributed by atoms with Crippen molar-refractivity contribution in [2.75, 3.05) is 17.2 Å². The molecule has 0 radical (unpaired) electrons. The zero-order chi connectivity index (χ0) is 23.2. The molecule has 1 aromatic heterocycles. The van der Waals surface area contributed by atoms with E-state index in [1.165, 1.54) is 12.1 Å². The molecule has 1 aliphatic rings. The molecule has 1 saturated heterocycles. The summed E-state index contributed by atoms with van der Waals surface area (Å²) in [5.74, 6) is 1.04. The van der Waals surface area contributed by atoms with E-state index in [4.69, 9.17) is 4.74 Å². The predicted molar refractivity (Wildman–Crippen MR) is 125 cm³/mol. The number of nitro benzene ring substituents is 1. The van der Waals surface area contributed by atoms with Crippen LogP contribution in [0.2, 0.25) is 0 Å². The van der Waals surface area contributed by atoms with Crippen LogP contribution in [0.15, 0.2) is 54.6 Å². The lowest BCUT2D eigenvalue weighted by atomic mass is 10.1. The predicted octanol–water partition coefficient (Wildman–Crippen LogP) is 4.34. The van der Waals surface area contributed by atoms with E-state index in [2.05, 4.69) is 20.6 Å². The van der Waals surface area contributed by atoms with Gasteiger partial charge < -0.3 is 15.4 Å². The van der Waals surface area contributed by atoms with Crippen LogP contribution >= 0.6 is 0 Å². The molecule has 0 spiro atoms. The first-order valence-corrected chi connectivity index (χ1v) is 10.9. The summed E-state index contributed by atoms with van der Waals surface area (Å²) < 4.78 is 5.44. The summed E-state index contributed by atoms with van der Waals surface area (Å²) in [5, 5.41) is 17.1. The normalized spacial score (nSPS) is 15.2. The summed E-state index contributed by atoms with van der Waals surface area (Å²) in [5.41, 5.74) is 3.29. The van der Waals surface area contributed by atoms with Gasteiger partial charge in [-0.25, -0.2) is 9.97 Å². The van der Waals surface area contributed by atoms with Crippen LogP contribution in [0.4, 0.5) is 17.2 Å². The number of nitrogens with one attached hydrogen (secondary N) is 2. The quantitative estimate of drug-likeness (QED) is 0.389. The van der Waals surface area contributed by atoms with Gasteiger partial charge in [0.05, 0.1) is 4.92 Å². The van der Waals surface area contributed by atoms with Crippen molar-refractivity contribution in [1.82, 2.24) is 9.97 Å². The number of carbonyl (C=O) groups excluding carboxylic acids is 1. The Morgan fingerprint density at radius 2 is 2.00 bits per heavy atom. The number of carbonyl (C=O) groups is 1. The Kier molecular flexibility index (Phi) is 6.89. The monoisotopic (exact) mass is 447 g/mol. The minimum atomic E-state index is -0.433. The van der Waals surface area contributed by atoms with Crippen LogP contribution in [0, 0.1) is 10.1 Å². The van der Waals surface area contributed by atoms with Crippen LogP contribution in [0.5, 0.6) is 0 Å². The Hall–Kier alpha value is -3.85. The number of hydrogen-bond donors (Lipinski definition) is 2. The Morgan fingerprint density at radius 1 is 1.18 bits per heavy atom. The standard InChI is InChI=1S/C24H25N5O4/c1-2-18-14-22(28-23(26-18)17-8-10-20(11-9-17)29(31)32)25-15-16-5-3-6-19(13-16)27-24(30)21-7-4-12-33-21/h3,5-6,8-11,13-14,21H,2,4,7,12,15H2,1H3,(H,27,30)(H,25,26,28). The largest absolute Gasteiger partial charge is 0.368 e. The van der Waals surface area contributed by atoms with Gasteiger partial charge in [-0.2, -0.15) is 0 Å². The summed E-state index contributed by atoms with van der Waals surface area (Å²) >= 11 is 0. The van der Waals surface area contributed by atoms with Gasteiger partial charge in [-0.05, 0) is 49.1 Å². The Labute approximate surface area is 191 Å². The topological polar surface area (TPSA) is 119 Å². The average Bonchev–Trinajstić information content (AvgIpc) is 3.38. The summed E-state index contributed by atoms with van der Waals surface area (Å²) in [6.45, 7) is 3.14. The van der Waals surface area contributed by atoms with E-state index in [0.29, 0.717) is 30.4 Å². The van der Waals surface area contributed by atoms with E-state index >= 15 is 0 Å². The van der Waals surface area contributed by atoms with Gasteiger partial charge in [-0.1, -0.05) is 19.1 Å². The van der Waals surface area contributed by atoms with Gasteiger partial charge >= 0.3 is 0 Å². The SMILES string of the molecule is CCc1cc(NCc2cccc(NC(=O)C3CCCO3)c2)nc(-c2ccc([N+](=O)[O-])cc2)n1. The van der Waals surface area contributed by atoms with Crippen molar-refractivity contribution in [3.8, 4) is 11.4 Å². The molecule has 33 heavy (non-hydrogen) atoms. The third-order valence-electron chi connectivity index (χ3n) is 5.37. The molecule has 2 aromatic carbocycles. The maximum Gasteiger partial charge on any atom is 0.269 e. The molecular formula is C24H25N5O4. The summed E-state index contributed by atoms with van der Waals surface area (Å²) in [4.78, 5) is 31.9. The minimum absolute atomic E-state index is 0.0233. The molecule has 9 heteroatoms. The first-order valence-electron chi connectivity index (χ1n) is 10.9. The van der Waals surface area contributed by atoms with Gasteiger partial charge in [0.1, 0.15) is 11.9 Å². The number of benzene rings is 2. The highest BCUT2D eigenvalue weighted by molar-refractivity contribution is 5.94. The molecule has 4 rings (SSSR count). The van der Waals surface area contributed by atoms with Crippen molar-refractivity contribution >= 4 is 23.1 Å². The number of nitrogens with zero attached hydrogens (tertiary/aromatic N) is 3. The molecule has 1 aliphatic heterocycles. The van der Waals surface area contributed by atoms with E-state index in [1.54, 1.807) is 12.1 Å². The van der Waals surface area contributed by atoms with Crippen LogP contribution in [0.25, 0.3) is 11.4 Å².